The average molecular weight is 373 g/mol. The van der Waals surface area contributed by atoms with E-state index < -0.39 is 0 Å². The molecule has 5 heteroatoms. The Morgan fingerprint density at radius 3 is 2.69 bits per heavy atom. The number of halogens is 1. The summed E-state index contributed by atoms with van der Waals surface area (Å²) in [6.45, 7) is 4.60. The van der Waals surface area contributed by atoms with Crippen LogP contribution in [0.2, 0.25) is 5.02 Å². The molecule has 3 rings (SSSR count). The fourth-order valence-corrected chi connectivity index (χ4v) is 3.61. The van der Waals surface area contributed by atoms with E-state index in [1.807, 2.05) is 55.5 Å². The van der Waals surface area contributed by atoms with Crippen molar-refractivity contribution in [1.29, 1.82) is 0 Å². The van der Waals surface area contributed by atoms with Gasteiger partial charge in [0.15, 0.2) is 6.61 Å². The molecular weight excluding hydrogens is 348 g/mol. The first-order chi connectivity index (χ1) is 12.6. The molecule has 138 valence electrons. The van der Waals surface area contributed by atoms with Crippen LogP contribution in [-0.4, -0.2) is 37.0 Å². The highest BCUT2D eigenvalue weighted by Crippen LogP contribution is 2.29. The Hall–Kier alpha value is -2.04. The van der Waals surface area contributed by atoms with Crippen LogP contribution in [0.1, 0.15) is 30.0 Å². The van der Waals surface area contributed by atoms with Gasteiger partial charge in [-0.25, -0.2) is 0 Å². The zero-order valence-corrected chi connectivity index (χ0v) is 15.8. The number of hydrogen-bond acceptors (Lipinski definition) is 3. The van der Waals surface area contributed by atoms with Crippen LogP contribution in [0.3, 0.4) is 0 Å². The summed E-state index contributed by atoms with van der Waals surface area (Å²) in [6.07, 6.45) is 2.37. The number of nitrogens with zero attached hydrogens (tertiary/aromatic N) is 1. The van der Waals surface area contributed by atoms with E-state index in [1.165, 1.54) is 12.8 Å². The number of carbonyl (C=O) groups excluding carboxylic acids is 1. The number of carbonyl (C=O) groups is 1. The van der Waals surface area contributed by atoms with Crippen molar-refractivity contribution < 1.29 is 9.53 Å². The van der Waals surface area contributed by atoms with Gasteiger partial charge < -0.3 is 10.1 Å². The Bertz CT molecular complexity index is 744. The minimum absolute atomic E-state index is 0.0126. The summed E-state index contributed by atoms with van der Waals surface area (Å²) in [4.78, 5) is 14.6. The fraction of sp³-hybridized carbons (Fsp3) is 0.381. The molecule has 1 atom stereocenters. The van der Waals surface area contributed by atoms with E-state index in [0.29, 0.717) is 12.3 Å². The van der Waals surface area contributed by atoms with Crippen LogP contribution in [0.15, 0.2) is 48.5 Å². The highest BCUT2D eigenvalue weighted by atomic mass is 35.5. The fourth-order valence-electron chi connectivity index (χ4n) is 3.35. The largest absolute Gasteiger partial charge is 0.484 e. The number of aryl methyl sites for hydroxylation is 1. The molecule has 0 saturated carbocycles. The topological polar surface area (TPSA) is 41.6 Å². The number of benzene rings is 2. The predicted molar refractivity (Wildman–Crippen MR) is 105 cm³/mol. The molecule has 1 heterocycles. The van der Waals surface area contributed by atoms with E-state index in [4.69, 9.17) is 16.3 Å². The molecule has 0 aromatic heterocycles. The number of hydrogen-bond donors (Lipinski definition) is 1. The Kier molecular flexibility index (Phi) is 6.53. The molecule has 0 aliphatic carbocycles. The van der Waals surface area contributed by atoms with Crippen LogP contribution < -0.4 is 10.1 Å². The van der Waals surface area contributed by atoms with Crippen LogP contribution in [0.4, 0.5) is 0 Å². The lowest BCUT2D eigenvalue weighted by Crippen LogP contribution is -2.38. The van der Waals surface area contributed by atoms with Gasteiger partial charge >= 0.3 is 0 Å². The molecule has 1 aliphatic heterocycles. The van der Waals surface area contributed by atoms with Gasteiger partial charge in [-0.2, -0.15) is 0 Å². The minimum Gasteiger partial charge on any atom is -0.484 e. The van der Waals surface area contributed by atoms with Gasteiger partial charge in [-0.15, -0.1) is 0 Å². The molecule has 1 N–H and O–H groups in total. The zero-order valence-electron chi connectivity index (χ0n) is 15.1. The Morgan fingerprint density at radius 2 is 1.96 bits per heavy atom. The molecule has 0 radical (unpaired) electrons. The average Bonchev–Trinajstić information content (AvgIpc) is 3.16. The third kappa shape index (κ3) is 4.99. The van der Waals surface area contributed by atoms with E-state index in [2.05, 4.69) is 10.2 Å². The van der Waals surface area contributed by atoms with Crippen molar-refractivity contribution in [3.05, 3.63) is 64.7 Å². The van der Waals surface area contributed by atoms with Crippen molar-refractivity contribution in [2.24, 2.45) is 0 Å². The Labute approximate surface area is 160 Å². The van der Waals surface area contributed by atoms with E-state index in [-0.39, 0.29) is 18.6 Å². The van der Waals surface area contributed by atoms with Gasteiger partial charge in [0.25, 0.3) is 5.91 Å². The van der Waals surface area contributed by atoms with Crippen molar-refractivity contribution in [2.45, 2.75) is 25.8 Å². The molecule has 2 aromatic carbocycles. The molecule has 2 aromatic rings. The first kappa shape index (κ1) is 18.7. The molecule has 0 bridgehead atoms. The summed E-state index contributed by atoms with van der Waals surface area (Å²) in [7, 11) is 0. The molecule has 1 saturated heterocycles. The predicted octanol–water partition coefficient (Wildman–Crippen LogP) is 3.98. The number of ether oxygens (including phenoxy) is 1. The van der Waals surface area contributed by atoms with Gasteiger partial charge in [0.2, 0.25) is 0 Å². The molecule has 1 aliphatic rings. The van der Waals surface area contributed by atoms with Gasteiger partial charge in [-0.1, -0.05) is 41.9 Å². The van der Waals surface area contributed by atoms with Crippen molar-refractivity contribution in [3.8, 4) is 5.75 Å². The second-order valence-electron chi connectivity index (χ2n) is 6.69. The van der Waals surface area contributed by atoms with E-state index in [1.54, 1.807) is 0 Å². The zero-order chi connectivity index (χ0) is 18.4. The lowest BCUT2D eigenvalue weighted by molar-refractivity contribution is -0.123. The van der Waals surface area contributed by atoms with E-state index in [9.17, 15) is 4.79 Å². The highest BCUT2D eigenvalue weighted by molar-refractivity contribution is 6.31. The van der Waals surface area contributed by atoms with Gasteiger partial charge in [-0.05, 0) is 62.2 Å². The lowest BCUT2D eigenvalue weighted by atomic mass is 10.1. The highest BCUT2D eigenvalue weighted by Gasteiger charge is 2.25. The Morgan fingerprint density at radius 1 is 1.19 bits per heavy atom. The van der Waals surface area contributed by atoms with Crippen molar-refractivity contribution in [1.82, 2.24) is 10.2 Å². The van der Waals surface area contributed by atoms with E-state index >= 15 is 0 Å². The molecule has 1 unspecified atom stereocenters. The van der Waals surface area contributed by atoms with Crippen LogP contribution in [0.5, 0.6) is 5.75 Å². The molecular formula is C21H25ClN2O2. The first-order valence-electron chi connectivity index (χ1n) is 9.08. The second kappa shape index (κ2) is 9.06. The summed E-state index contributed by atoms with van der Waals surface area (Å²) in [5, 5.41) is 3.75. The number of nitrogens with one attached hydrogen (secondary N) is 1. The minimum atomic E-state index is -0.122. The molecule has 4 nitrogen and oxygen atoms in total. The van der Waals surface area contributed by atoms with Gasteiger partial charge in [0.05, 0.1) is 6.04 Å². The van der Waals surface area contributed by atoms with Crippen LogP contribution in [-0.2, 0) is 4.79 Å². The third-order valence-electron chi connectivity index (χ3n) is 4.70. The van der Waals surface area contributed by atoms with Crippen molar-refractivity contribution >= 4 is 17.5 Å². The lowest BCUT2D eigenvalue weighted by Gasteiger charge is -2.29. The molecule has 26 heavy (non-hydrogen) atoms. The van der Waals surface area contributed by atoms with Crippen LogP contribution in [0, 0.1) is 6.92 Å². The summed E-state index contributed by atoms with van der Waals surface area (Å²) in [5.41, 5.74) is 2.17. The summed E-state index contributed by atoms with van der Waals surface area (Å²) < 4.78 is 5.58. The maximum absolute atomic E-state index is 12.2. The molecule has 1 amide bonds. The maximum Gasteiger partial charge on any atom is 0.258 e. The third-order valence-corrected chi connectivity index (χ3v) is 5.04. The number of likely N-dealkylation sites (tertiary alicyclic amines) is 1. The number of rotatable bonds is 7. The smallest absolute Gasteiger partial charge is 0.258 e. The van der Waals surface area contributed by atoms with Crippen LogP contribution >= 0.6 is 11.6 Å². The Balaban J connectivity index is 1.58. The number of amides is 1. The normalized spacial score (nSPS) is 15.6. The summed E-state index contributed by atoms with van der Waals surface area (Å²) in [5.74, 6) is 0.588. The van der Waals surface area contributed by atoms with Gasteiger partial charge in [-0.3, -0.25) is 9.69 Å². The SMILES string of the molecule is Cc1cccc(OCC(=O)NCC(c2ccccc2Cl)N2CCCC2)c1. The second-order valence-corrected chi connectivity index (χ2v) is 7.10. The van der Waals surface area contributed by atoms with Gasteiger partial charge in [0.1, 0.15) is 5.75 Å². The maximum atomic E-state index is 12.2. The molecule has 0 spiro atoms. The first-order valence-corrected chi connectivity index (χ1v) is 9.46. The van der Waals surface area contributed by atoms with Crippen molar-refractivity contribution in [3.63, 3.8) is 0 Å². The van der Waals surface area contributed by atoms with Gasteiger partial charge in [0, 0.05) is 11.6 Å². The summed E-state index contributed by atoms with van der Waals surface area (Å²) in [6, 6.07) is 15.7. The van der Waals surface area contributed by atoms with Crippen molar-refractivity contribution in [2.75, 3.05) is 26.2 Å². The van der Waals surface area contributed by atoms with Crippen LogP contribution in [0.25, 0.3) is 0 Å². The summed E-state index contributed by atoms with van der Waals surface area (Å²) >= 11 is 6.40. The monoisotopic (exact) mass is 372 g/mol. The standard InChI is InChI=1S/C21H25ClN2O2/c1-16-7-6-8-17(13-16)26-15-21(25)23-14-20(24-11-4-5-12-24)18-9-2-3-10-19(18)22/h2-3,6-10,13,20H,4-5,11-12,14-15H2,1H3,(H,23,25). The molecule has 1 fully saturated rings. The van der Waals surface area contributed by atoms with E-state index in [0.717, 1.165) is 29.2 Å². The quantitative estimate of drug-likeness (QED) is 0.799.